The summed E-state index contributed by atoms with van der Waals surface area (Å²) >= 11 is 6.29. The maximum Gasteiger partial charge on any atom is 0.258 e. The predicted octanol–water partition coefficient (Wildman–Crippen LogP) is 5.93. The zero-order valence-corrected chi connectivity index (χ0v) is 15.9. The van der Waals surface area contributed by atoms with Gasteiger partial charge in [0, 0.05) is 28.0 Å². The number of fused-ring (bicyclic) bond motifs is 1. The first-order chi connectivity index (χ1) is 13.1. The van der Waals surface area contributed by atoms with E-state index >= 15 is 0 Å². The molecule has 0 bridgehead atoms. The van der Waals surface area contributed by atoms with E-state index in [1.807, 2.05) is 71.6 Å². The molecule has 136 valence electrons. The quantitative estimate of drug-likeness (QED) is 0.614. The van der Waals surface area contributed by atoms with E-state index in [0.717, 1.165) is 23.4 Å². The van der Waals surface area contributed by atoms with E-state index in [-0.39, 0.29) is 18.0 Å². The maximum atomic E-state index is 13.2. The van der Waals surface area contributed by atoms with Crippen molar-refractivity contribution in [1.82, 2.24) is 0 Å². The van der Waals surface area contributed by atoms with Crippen molar-refractivity contribution in [1.29, 1.82) is 0 Å². The Hall–Kier alpha value is -2.78. The Kier molecular flexibility index (Phi) is 4.87. The molecule has 1 N–H and O–H groups in total. The smallest absolute Gasteiger partial charge is 0.258 e. The fourth-order valence-electron chi connectivity index (χ4n) is 3.74. The lowest BCUT2D eigenvalue weighted by molar-refractivity contribution is 0.0974. The monoisotopic (exact) mass is 376 g/mol. The van der Waals surface area contributed by atoms with Crippen LogP contribution in [0.5, 0.6) is 0 Å². The zero-order chi connectivity index (χ0) is 18.8. The molecular formula is C23H21ClN2O. The van der Waals surface area contributed by atoms with Gasteiger partial charge in [-0.1, -0.05) is 48.0 Å². The van der Waals surface area contributed by atoms with Crippen LogP contribution in [0.1, 0.15) is 35.3 Å². The molecule has 27 heavy (non-hydrogen) atoms. The van der Waals surface area contributed by atoms with Gasteiger partial charge in [0.05, 0.1) is 6.04 Å². The third kappa shape index (κ3) is 3.56. The van der Waals surface area contributed by atoms with Crippen molar-refractivity contribution < 1.29 is 4.79 Å². The number of para-hydroxylation sites is 1. The van der Waals surface area contributed by atoms with Crippen molar-refractivity contribution in [2.24, 2.45) is 0 Å². The standard InChI is InChI=1S/C23H21ClN2O/c1-16-14-21(25-19-10-6-3-7-11-19)20-15-18(24)12-13-22(20)26(16)23(27)17-8-4-2-5-9-17/h2-13,15-16,21,25H,14H2,1H3/t16-,21-/m1/s1. The highest BCUT2D eigenvalue weighted by Gasteiger charge is 2.34. The molecule has 0 saturated heterocycles. The number of anilines is 2. The van der Waals surface area contributed by atoms with Crippen molar-refractivity contribution in [3.63, 3.8) is 0 Å². The van der Waals surface area contributed by atoms with Crippen LogP contribution >= 0.6 is 11.6 Å². The molecular weight excluding hydrogens is 356 g/mol. The summed E-state index contributed by atoms with van der Waals surface area (Å²) in [5, 5.41) is 4.27. The molecule has 3 aromatic rings. The molecule has 0 aromatic heterocycles. The highest BCUT2D eigenvalue weighted by molar-refractivity contribution is 6.30. The van der Waals surface area contributed by atoms with E-state index in [1.165, 1.54) is 0 Å². The van der Waals surface area contributed by atoms with Gasteiger partial charge in [-0.15, -0.1) is 0 Å². The minimum atomic E-state index is 0.0184. The normalized spacial score (nSPS) is 18.7. The van der Waals surface area contributed by atoms with E-state index in [0.29, 0.717) is 10.6 Å². The number of carbonyl (C=O) groups is 1. The van der Waals surface area contributed by atoms with Gasteiger partial charge in [-0.05, 0) is 61.4 Å². The lowest BCUT2D eigenvalue weighted by Gasteiger charge is -2.40. The van der Waals surface area contributed by atoms with Crippen molar-refractivity contribution in [3.05, 3.63) is 95.0 Å². The van der Waals surface area contributed by atoms with Crippen LogP contribution in [-0.2, 0) is 0 Å². The van der Waals surface area contributed by atoms with Gasteiger partial charge in [0.1, 0.15) is 0 Å². The second kappa shape index (κ2) is 7.45. The molecule has 0 radical (unpaired) electrons. The summed E-state index contributed by atoms with van der Waals surface area (Å²) in [6.07, 6.45) is 0.806. The zero-order valence-electron chi connectivity index (χ0n) is 15.1. The van der Waals surface area contributed by atoms with Crippen LogP contribution in [0, 0.1) is 0 Å². The van der Waals surface area contributed by atoms with E-state index < -0.39 is 0 Å². The minimum absolute atomic E-state index is 0.0184. The van der Waals surface area contributed by atoms with Crippen molar-refractivity contribution >= 4 is 28.9 Å². The van der Waals surface area contributed by atoms with Crippen LogP contribution in [0.15, 0.2) is 78.9 Å². The second-order valence-electron chi connectivity index (χ2n) is 6.89. The van der Waals surface area contributed by atoms with Crippen LogP contribution in [0.3, 0.4) is 0 Å². The van der Waals surface area contributed by atoms with Gasteiger partial charge in [0.15, 0.2) is 0 Å². The molecule has 1 amide bonds. The average Bonchev–Trinajstić information content (AvgIpc) is 2.69. The third-order valence-corrected chi connectivity index (χ3v) is 5.23. The molecule has 4 heteroatoms. The van der Waals surface area contributed by atoms with Gasteiger partial charge in [0.2, 0.25) is 0 Å². The molecule has 0 aliphatic carbocycles. The molecule has 3 nitrogen and oxygen atoms in total. The van der Waals surface area contributed by atoms with Gasteiger partial charge >= 0.3 is 0 Å². The summed E-state index contributed by atoms with van der Waals surface area (Å²) in [6.45, 7) is 2.10. The number of nitrogens with zero attached hydrogens (tertiary/aromatic N) is 1. The highest BCUT2D eigenvalue weighted by Crippen LogP contribution is 2.40. The number of carbonyl (C=O) groups excluding carboxylic acids is 1. The van der Waals surface area contributed by atoms with Crippen molar-refractivity contribution in [3.8, 4) is 0 Å². The molecule has 1 aliphatic rings. The number of nitrogens with one attached hydrogen (secondary N) is 1. The van der Waals surface area contributed by atoms with Gasteiger partial charge in [-0.25, -0.2) is 0 Å². The Labute approximate surface area is 164 Å². The molecule has 0 fully saturated rings. The van der Waals surface area contributed by atoms with Crippen LogP contribution in [0.25, 0.3) is 0 Å². The predicted molar refractivity (Wildman–Crippen MR) is 112 cm³/mol. The summed E-state index contributed by atoms with van der Waals surface area (Å²) < 4.78 is 0. The molecule has 0 saturated carbocycles. The Morgan fingerprint density at radius 2 is 1.67 bits per heavy atom. The number of benzene rings is 3. The largest absolute Gasteiger partial charge is 0.378 e. The first kappa shape index (κ1) is 17.6. The van der Waals surface area contributed by atoms with Gasteiger partial charge in [0.25, 0.3) is 5.91 Å². The lowest BCUT2D eigenvalue weighted by atomic mass is 9.90. The molecule has 2 atom stereocenters. The molecule has 3 aromatic carbocycles. The average molecular weight is 377 g/mol. The molecule has 1 aliphatic heterocycles. The molecule has 1 heterocycles. The number of hydrogen-bond donors (Lipinski definition) is 1. The van der Waals surface area contributed by atoms with E-state index in [4.69, 9.17) is 11.6 Å². The van der Waals surface area contributed by atoms with E-state index in [1.54, 1.807) is 0 Å². The Morgan fingerprint density at radius 3 is 2.37 bits per heavy atom. The Balaban J connectivity index is 1.73. The number of amides is 1. The summed E-state index contributed by atoms with van der Waals surface area (Å²) in [7, 11) is 0. The van der Waals surface area contributed by atoms with Gasteiger partial charge in [-0.2, -0.15) is 0 Å². The number of rotatable bonds is 3. The fraction of sp³-hybridized carbons (Fsp3) is 0.174. The fourth-order valence-corrected chi connectivity index (χ4v) is 3.92. The van der Waals surface area contributed by atoms with Crippen molar-refractivity contribution in [2.75, 3.05) is 10.2 Å². The third-order valence-electron chi connectivity index (χ3n) is 5.00. The SMILES string of the molecule is C[C@@H]1C[C@@H](Nc2ccccc2)c2cc(Cl)ccc2N1C(=O)c1ccccc1. The first-order valence-corrected chi connectivity index (χ1v) is 9.51. The molecule has 4 rings (SSSR count). The second-order valence-corrected chi connectivity index (χ2v) is 7.33. The Morgan fingerprint density at radius 1 is 1.00 bits per heavy atom. The molecule has 0 spiro atoms. The van der Waals surface area contributed by atoms with Crippen LogP contribution in [-0.4, -0.2) is 11.9 Å². The summed E-state index contributed by atoms with van der Waals surface area (Å²) in [4.78, 5) is 15.1. The Bertz CT molecular complexity index is 943. The number of halogens is 1. The summed E-state index contributed by atoms with van der Waals surface area (Å²) in [5.74, 6) is 0.0184. The summed E-state index contributed by atoms with van der Waals surface area (Å²) in [6, 6.07) is 25.5. The van der Waals surface area contributed by atoms with Gasteiger partial charge < -0.3 is 10.2 Å². The lowest BCUT2D eigenvalue weighted by Crippen LogP contribution is -2.44. The van der Waals surface area contributed by atoms with Crippen LogP contribution in [0.2, 0.25) is 5.02 Å². The van der Waals surface area contributed by atoms with Crippen LogP contribution in [0.4, 0.5) is 11.4 Å². The number of hydrogen-bond acceptors (Lipinski definition) is 2. The van der Waals surface area contributed by atoms with Crippen LogP contribution < -0.4 is 10.2 Å². The first-order valence-electron chi connectivity index (χ1n) is 9.13. The minimum Gasteiger partial charge on any atom is -0.378 e. The summed E-state index contributed by atoms with van der Waals surface area (Å²) in [5.41, 5.74) is 3.72. The van der Waals surface area contributed by atoms with Gasteiger partial charge in [-0.3, -0.25) is 4.79 Å². The maximum absolute atomic E-state index is 13.2. The van der Waals surface area contributed by atoms with Crippen molar-refractivity contribution in [2.45, 2.75) is 25.4 Å². The van der Waals surface area contributed by atoms with E-state index in [9.17, 15) is 4.79 Å². The molecule has 0 unspecified atom stereocenters. The topological polar surface area (TPSA) is 32.3 Å². The highest BCUT2D eigenvalue weighted by atomic mass is 35.5. The van der Waals surface area contributed by atoms with E-state index in [2.05, 4.69) is 24.4 Å².